The van der Waals surface area contributed by atoms with Crippen LogP contribution >= 0.6 is 0 Å². The molecule has 0 radical (unpaired) electrons. The lowest BCUT2D eigenvalue weighted by molar-refractivity contribution is -0.146. The standard InChI is InChI=1S/C18H20N2O2/c1-4-10-20(11-5-2)17(18(21)22-3)12-14-13-19-16-9-7-6-8-15(14)16/h1,5-9,13,17,19H,2,10-12H2,3H3. The molecule has 4 nitrogen and oxygen atoms in total. The van der Waals surface area contributed by atoms with E-state index in [1.165, 1.54) is 7.11 Å². The summed E-state index contributed by atoms with van der Waals surface area (Å²) in [5, 5.41) is 1.11. The quantitative estimate of drug-likeness (QED) is 0.485. The Bertz CT molecular complexity index is 696. The molecule has 0 aliphatic heterocycles. The van der Waals surface area contributed by atoms with E-state index < -0.39 is 6.04 Å². The number of ether oxygens (including phenoxy) is 1. The van der Waals surface area contributed by atoms with Crippen molar-refractivity contribution in [2.24, 2.45) is 0 Å². The number of aromatic amines is 1. The van der Waals surface area contributed by atoms with Crippen molar-refractivity contribution in [1.29, 1.82) is 0 Å². The molecular formula is C18H20N2O2. The molecule has 0 bridgehead atoms. The van der Waals surface area contributed by atoms with E-state index in [-0.39, 0.29) is 5.97 Å². The van der Waals surface area contributed by atoms with Gasteiger partial charge in [0.2, 0.25) is 0 Å². The van der Waals surface area contributed by atoms with Crippen LogP contribution in [0.4, 0.5) is 0 Å². The molecule has 1 unspecified atom stereocenters. The molecule has 0 aliphatic rings. The fourth-order valence-corrected chi connectivity index (χ4v) is 2.59. The van der Waals surface area contributed by atoms with Gasteiger partial charge < -0.3 is 9.72 Å². The van der Waals surface area contributed by atoms with Gasteiger partial charge in [0.15, 0.2) is 0 Å². The highest BCUT2D eigenvalue weighted by Gasteiger charge is 2.26. The van der Waals surface area contributed by atoms with Gasteiger partial charge in [0.05, 0.1) is 13.7 Å². The minimum Gasteiger partial charge on any atom is -0.468 e. The van der Waals surface area contributed by atoms with E-state index in [0.29, 0.717) is 19.5 Å². The molecule has 0 saturated heterocycles. The maximum atomic E-state index is 12.2. The first-order valence-electron chi connectivity index (χ1n) is 7.12. The highest BCUT2D eigenvalue weighted by Crippen LogP contribution is 2.21. The van der Waals surface area contributed by atoms with Crippen LogP contribution in [0.2, 0.25) is 0 Å². The number of terminal acetylenes is 1. The number of esters is 1. The molecular weight excluding hydrogens is 276 g/mol. The van der Waals surface area contributed by atoms with Crippen LogP contribution in [-0.4, -0.2) is 42.1 Å². The summed E-state index contributed by atoms with van der Waals surface area (Å²) in [6.07, 6.45) is 9.62. The van der Waals surface area contributed by atoms with Crippen LogP contribution in [0, 0.1) is 12.3 Å². The average Bonchev–Trinajstić information content (AvgIpc) is 2.95. The van der Waals surface area contributed by atoms with Gasteiger partial charge in [0.25, 0.3) is 0 Å². The third-order valence-electron chi connectivity index (χ3n) is 3.66. The number of aromatic nitrogens is 1. The lowest BCUT2D eigenvalue weighted by Crippen LogP contribution is -2.43. The fraction of sp³-hybridized carbons (Fsp3) is 0.278. The molecule has 0 aliphatic carbocycles. The van der Waals surface area contributed by atoms with Gasteiger partial charge in [-0.3, -0.25) is 9.69 Å². The normalized spacial score (nSPS) is 12.0. The minimum absolute atomic E-state index is 0.289. The Morgan fingerprint density at radius 3 is 3.00 bits per heavy atom. The second kappa shape index (κ2) is 7.48. The maximum absolute atomic E-state index is 12.2. The number of carbonyl (C=O) groups excluding carboxylic acids is 1. The molecule has 2 aromatic rings. The Kier molecular flexibility index (Phi) is 5.40. The zero-order valence-electron chi connectivity index (χ0n) is 12.7. The topological polar surface area (TPSA) is 45.3 Å². The van der Waals surface area contributed by atoms with Crippen molar-refractivity contribution in [3.8, 4) is 12.3 Å². The maximum Gasteiger partial charge on any atom is 0.323 e. The molecule has 1 aromatic carbocycles. The van der Waals surface area contributed by atoms with Gasteiger partial charge in [-0.25, -0.2) is 0 Å². The third-order valence-corrected chi connectivity index (χ3v) is 3.66. The summed E-state index contributed by atoms with van der Waals surface area (Å²) in [5.74, 6) is 2.30. The van der Waals surface area contributed by atoms with Gasteiger partial charge in [-0.15, -0.1) is 13.0 Å². The molecule has 4 heteroatoms. The number of H-pyrrole nitrogens is 1. The first-order valence-corrected chi connectivity index (χ1v) is 7.12. The lowest BCUT2D eigenvalue weighted by atomic mass is 10.0. The van der Waals surface area contributed by atoms with Crippen molar-refractivity contribution in [1.82, 2.24) is 9.88 Å². The summed E-state index contributed by atoms with van der Waals surface area (Å²) in [6.45, 7) is 4.63. The molecule has 1 N–H and O–H groups in total. The van der Waals surface area contributed by atoms with E-state index in [4.69, 9.17) is 11.2 Å². The molecule has 1 heterocycles. The predicted octanol–water partition coefficient (Wildman–Crippen LogP) is 2.37. The van der Waals surface area contributed by atoms with Gasteiger partial charge in [-0.2, -0.15) is 0 Å². The van der Waals surface area contributed by atoms with Crippen LogP contribution in [0.3, 0.4) is 0 Å². The zero-order chi connectivity index (χ0) is 15.9. The largest absolute Gasteiger partial charge is 0.468 e. The van der Waals surface area contributed by atoms with Crippen LogP contribution in [0.25, 0.3) is 10.9 Å². The van der Waals surface area contributed by atoms with Gasteiger partial charge >= 0.3 is 5.97 Å². The van der Waals surface area contributed by atoms with Crippen molar-refractivity contribution in [2.45, 2.75) is 12.5 Å². The van der Waals surface area contributed by atoms with E-state index >= 15 is 0 Å². The monoisotopic (exact) mass is 296 g/mol. The molecule has 2 rings (SSSR count). The first-order chi connectivity index (χ1) is 10.7. The highest BCUT2D eigenvalue weighted by atomic mass is 16.5. The summed E-state index contributed by atoms with van der Waals surface area (Å²) in [6, 6.07) is 7.57. The zero-order valence-corrected chi connectivity index (χ0v) is 12.7. The number of nitrogens with zero attached hydrogens (tertiary/aromatic N) is 1. The number of nitrogens with one attached hydrogen (secondary N) is 1. The van der Waals surface area contributed by atoms with Crippen LogP contribution in [0.15, 0.2) is 43.1 Å². The molecule has 0 spiro atoms. The number of fused-ring (bicyclic) bond motifs is 1. The summed E-state index contributed by atoms with van der Waals surface area (Å²) >= 11 is 0. The number of para-hydroxylation sites is 1. The molecule has 0 saturated carbocycles. The SMILES string of the molecule is C#CCN(CC=C)C(Cc1c[nH]c2ccccc12)C(=O)OC. The van der Waals surface area contributed by atoms with Crippen LogP contribution < -0.4 is 0 Å². The third kappa shape index (κ3) is 3.38. The number of rotatable bonds is 7. The second-order valence-electron chi connectivity index (χ2n) is 5.02. The number of benzene rings is 1. The molecule has 114 valence electrons. The number of hydrogen-bond acceptors (Lipinski definition) is 3. The lowest BCUT2D eigenvalue weighted by Gasteiger charge is -2.26. The van der Waals surface area contributed by atoms with Gasteiger partial charge in [0, 0.05) is 30.1 Å². The van der Waals surface area contributed by atoms with Crippen molar-refractivity contribution in [3.63, 3.8) is 0 Å². The first kappa shape index (κ1) is 15.9. The summed E-state index contributed by atoms with van der Waals surface area (Å²) in [7, 11) is 1.40. The highest BCUT2D eigenvalue weighted by molar-refractivity contribution is 5.84. The average molecular weight is 296 g/mol. The minimum atomic E-state index is -0.432. The Morgan fingerprint density at radius 1 is 1.55 bits per heavy atom. The van der Waals surface area contributed by atoms with Crippen LogP contribution in [-0.2, 0) is 16.0 Å². The smallest absolute Gasteiger partial charge is 0.323 e. The summed E-state index contributed by atoms with van der Waals surface area (Å²) in [4.78, 5) is 17.3. The van der Waals surface area contributed by atoms with Crippen LogP contribution in [0.1, 0.15) is 5.56 Å². The van der Waals surface area contributed by atoms with E-state index in [1.54, 1.807) is 6.08 Å². The molecule has 1 aromatic heterocycles. The molecule has 0 amide bonds. The Hall–Kier alpha value is -2.51. The Balaban J connectivity index is 2.31. The van der Waals surface area contributed by atoms with Crippen molar-refractivity contribution < 1.29 is 9.53 Å². The fourth-order valence-electron chi connectivity index (χ4n) is 2.59. The van der Waals surface area contributed by atoms with Gasteiger partial charge in [0.1, 0.15) is 6.04 Å². The number of hydrogen-bond donors (Lipinski definition) is 1. The van der Waals surface area contributed by atoms with E-state index in [9.17, 15) is 4.79 Å². The Labute approximate surface area is 130 Å². The van der Waals surface area contributed by atoms with Crippen LogP contribution in [0.5, 0.6) is 0 Å². The van der Waals surface area contributed by atoms with E-state index in [2.05, 4.69) is 17.5 Å². The molecule has 22 heavy (non-hydrogen) atoms. The number of methoxy groups -OCH3 is 1. The summed E-state index contributed by atoms with van der Waals surface area (Å²) in [5.41, 5.74) is 2.12. The second-order valence-corrected chi connectivity index (χ2v) is 5.02. The molecule has 0 fully saturated rings. The predicted molar refractivity (Wildman–Crippen MR) is 88.4 cm³/mol. The molecule has 1 atom stereocenters. The van der Waals surface area contributed by atoms with E-state index in [0.717, 1.165) is 16.5 Å². The van der Waals surface area contributed by atoms with Crippen molar-refractivity contribution >= 4 is 16.9 Å². The summed E-state index contributed by atoms with van der Waals surface area (Å²) < 4.78 is 4.95. The van der Waals surface area contributed by atoms with Gasteiger partial charge in [-0.1, -0.05) is 30.2 Å². The van der Waals surface area contributed by atoms with Crippen molar-refractivity contribution in [2.75, 3.05) is 20.2 Å². The van der Waals surface area contributed by atoms with Crippen molar-refractivity contribution in [3.05, 3.63) is 48.7 Å². The van der Waals surface area contributed by atoms with E-state index in [1.807, 2.05) is 35.4 Å². The Morgan fingerprint density at radius 2 is 2.32 bits per heavy atom. The number of carbonyl (C=O) groups is 1. The van der Waals surface area contributed by atoms with Gasteiger partial charge in [-0.05, 0) is 11.6 Å².